The Bertz CT molecular complexity index is 539. The number of carbonyl (C=O) groups is 1. The summed E-state index contributed by atoms with van der Waals surface area (Å²) in [6, 6.07) is 5.89. The number of amides is 1. The smallest absolute Gasteiger partial charge is 0.244 e. The molecule has 1 aromatic rings. The van der Waals surface area contributed by atoms with Crippen molar-refractivity contribution in [1.82, 2.24) is 5.32 Å². The second-order valence-electron chi connectivity index (χ2n) is 5.82. The molecule has 0 saturated heterocycles. The largest absolute Gasteiger partial charge is 0.493 e. The first-order valence-corrected chi connectivity index (χ1v) is 7.84. The molecular weight excluding hydrogens is 278 g/mol. The van der Waals surface area contributed by atoms with Crippen molar-refractivity contribution in [2.75, 3.05) is 14.2 Å². The van der Waals surface area contributed by atoms with Gasteiger partial charge in [0.1, 0.15) is 0 Å². The maximum Gasteiger partial charge on any atom is 0.244 e. The third kappa shape index (κ3) is 4.26. The zero-order valence-electron chi connectivity index (χ0n) is 13.6. The highest BCUT2D eigenvalue weighted by Crippen LogP contribution is 2.28. The van der Waals surface area contributed by atoms with E-state index >= 15 is 0 Å². The Labute approximate surface area is 132 Å². The molecule has 4 nitrogen and oxygen atoms in total. The van der Waals surface area contributed by atoms with Crippen LogP contribution in [0.5, 0.6) is 11.5 Å². The molecule has 0 aromatic heterocycles. The van der Waals surface area contributed by atoms with Crippen molar-refractivity contribution in [2.24, 2.45) is 5.92 Å². The molecule has 0 radical (unpaired) electrons. The number of rotatable bonds is 5. The van der Waals surface area contributed by atoms with Crippen molar-refractivity contribution >= 4 is 12.0 Å². The van der Waals surface area contributed by atoms with Crippen LogP contribution in [0.3, 0.4) is 0 Å². The number of hydrogen-bond acceptors (Lipinski definition) is 3. The van der Waals surface area contributed by atoms with Gasteiger partial charge < -0.3 is 14.8 Å². The molecule has 1 N–H and O–H groups in total. The number of hydrogen-bond donors (Lipinski definition) is 1. The molecule has 1 aliphatic rings. The van der Waals surface area contributed by atoms with Crippen molar-refractivity contribution in [3.63, 3.8) is 0 Å². The summed E-state index contributed by atoms with van der Waals surface area (Å²) in [5.74, 6) is 1.87. The van der Waals surface area contributed by atoms with Crippen LogP contribution < -0.4 is 14.8 Å². The lowest BCUT2D eigenvalue weighted by Crippen LogP contribution is -2.40. The number of ether oxygens (including phenoxy) is 2. The second kappa shape index (κ2) is 7.87. The van der Waals surface area contributed by atoms with Crippen LogP contribution in [0, 0.1) is 5.92 Å². The number of nitrogens with one attached hydrogen (secondary N) is 1. The van der Waals surface area contributed by atoms with Gasteiger partial charge in [-0.3, -0.25) is 4.79 Å². The molecule has 0 aliphatic heterocycles. The van der Waals surface area contributed by atoms with Gasteiger partial charge in [-0.1, -0.05) is 25.8 Å². The predicted molar refractivity (Wildman–Crippen MR) is 88.1 cm³/mol. The van der Waals surface area contributed by atoms with Gasteiger partial charge in [0.05, 0.1) is 14.2 Å². The molecule has 1 aromatic carbocycles. The van der Waals surface area contributed by atoms with Gasteiger partial charge in [-0.25, -0.2) is 0 Å². The molecule has 22 heavy (non-hydrogen) atoms. The summed E-state index contributed by atoms with van der Waals surface area (Å²) < 4.78 is 10.5. The predicted octanol–water partition coefficient (Wildman–Crippen LogP) is 3.41. The lowest BCUT2D eigenvalue weighted by atomic mass is 9.86. The van der Waals surface area contributed by atoms with Gasteiger partial charge in [0.15, 0.2) is 11.5 Å². The van der Waals surface area contributed by atoms with E-state index in [-0.39, 0.29) is 5.91 Å². The average molecular weight is 303 g/mol. The summed E-state index contributed by atoms with van der Waals surface area (Å²) >= 11 is 0. The van der Waals surface area contributed by atoms with Crippen LogP contribution in [0.2, 0.25) is 0 Å². The van der Waals surface area contributed by atoms with E-state index in [0.29, 0.717) is 23.5 Å². The Morgan fingerprint density at radius 1 is 1.18 bits per heavy atom. The first-order chi connectivity index (χ1) is 10.6. The molecule has 1 aliphatic carbocycles. The third-order valence-electron chi connectivity index (χ3n) is 4.27. The zero-order valence-corrected chi connectivity index (χ0v) is 13.6. The summed E-state index contributed by atoms with van der Waals surface area (Å²) in [7, 11) is 3.20. The fourth-order valence-corrected chi connectivity index (χ4v) is 2.89. The standard InChI is InChI=1S/C18H25NO3/c1-13-6-4-5-7-15(13)19-18(20)11-9-14-8-10-16(21-2)17(12-14)22-3/h8-13,15H,4-7H2,1-3H3,(H,19,20)/b11-9+/t13-,15-/m0/s1. The summed E-state index contributed by atoms with van der Waals surface area (Å²) in [5.41, 5.74) is 0.907. The minimum atomic E-state index is -0.0338. The lowest BCUT2D eigenvalue weighted by molar-refractivity contribution is -0.117. The monoisotopic (exact) mass is 303 g/mol. The molecule has 4 heteroatoms. The van der Waals surface area contributed by atoms with Gasteiger partial charge in [-0.2, -0.15) is 0 Å². The molecule has 1 saturated carbocycles. The van der Waals surface area contributed by atoms with Gasteiger partial charge in [-0.15, -0.1) is 0 Å². The van der Waals surface area contributed by atoms with Crippen LogP contribution in [0.4, 0.5) is 0 Å². The maximum atomic E-state index is 12.1. The van der Waals surface area contributed by atoms with E-state index in [1.165, 1.54) is 19.3 Å². The number of benzene rings is 1. The van der Waals surface area contributed by atoms with Crippen molar-refractivity contribution in [3.8, 4) is 11.5 Å². The van der Waals surface area contributed by atoms with Crippen LogP contribution >= 0.6 is 0 Å². The summed E-state index contributed by atoms with van der Waals surface area (Å²) in [5, 5.41) is 3.11. The van der Waals surface area contributed by atoms with Crippen LogP contribution in [0.15, 0.2) is 24.3 Å². The van der Waals surface area contributed by atoms with E-state index < -0.39 is 0 Å². The normalized spacial score (nSPS) is 21.6. The Morgan fingerprint density at radius 2 is 1.91 bits per heavy atom. The van der Waals surface area contributed by atoms with Gasteiger partial charge in [-0.05, 0) is 42.5 Å². The molecule has 120 valence electrons. The molecule has 0 heterocycles. The Hall–Kier alpha value is -1.97. The van der Waals surface area contributed by atoms with Crippen LogP contribution in [0.1, 0.15) is 38.2 Å². The molecular formula is C18H25NO3. The topological polar surface area (TPSA) is 47.6 Å². The van der Waals surface area contributed by atoms with Crippen molar-refractivity contribution in [2.45, 2.75) is 38.6 Å². The van der Waals surface area contributed by atoms with Gasteiger partial charge in [0.25, 0.3) is 0 Å². The van der Waals surface area contributed by atoms with Crippen LogP contribution in [-0.2, 0) is 4.79 Å². The Morgan fingerprint density at radius 3 is 2.59 bits per heavy atom. The first-order valence-electron chi connectivity index (χ1n) is 7.84. The second-order valence-corrected chi connectivity index (χ2v) is 5.82. The lowest BCUT2D eigenvalue weighted by Gasteiger charge is -2.29. The molecule has 0 unspecified atom stereocenters. The SMILES string of the molecule is COc1ccc(/C=C/C(=O)N[C@H]2CCCC[C@@H]2C)cc1OC. The third-order valence-corrected chi connectivity index (χ3v) is 4.27. The molecule has 1 fully saturated rings. The minimum Gasteiger partial charge on any atom is -0.493 e. The summed E-state index contributed by atoms with van der Waals surface area (Å²) in [4.78, 5) is 12.1. The summed E-state index contributed by atoms with van der Waals surface area (Å²) in [6.45, 7) is 2.21. The fraction of sp³-hybridized carbons (Fsp3) is 0.500. The highest BCUT2D eigenvalue weighted by atomic mass is 16.5. The molecule has 0 spiro atoms. The van der Waals surface area contributed by atoms with E-state index in [9.17, 15) is 4.79 Å². The van der Waals surface area contributed by atoms with E-state index in [4.69, 9.17) is 9.47 Å². The molecule has 0 bridgehead atoms. The van der Waals surface area contributed by atoms with Crippen LogP contribution in [0.25, 0.3) is 6.08 Å². The fourth-order valence-electron chi connectivity index (χ4n) is 2.89. The number of methoxy groups -OCH3 is 2. The first kappa shape index (κ1) is 16.4. The van der Waals surface area contributed by atoms with Crippen molar-refractivity contribution in [1.29, 1.82) is 0 Å². The van der Waals surface area contributed by atoms with Gasteiger partial charge in [0, 0.05) is 12.1 Å². The van der Waals surface area contributed by atoms with E-state index in [1.807, 2.05) is 18.2 Å². The highest BCUT2D eigenvalue weighted by Gasteiger charge is 2.21. The Balaban J connectivity index is 1.97. The van der Waals surface area contributed by atoms with E-state index in [0.717, 1.165) is 12.0 Å². The summed E-state index contributed by atoms with van der Waals surface area (Å²) in [6.07, 6.45) is 8.14. The van der Waals surface area contributed by atoms with Crippen molar-refractivity contribution in [3.05, 3.63) is 29.8 Å². The van der Waals surface area contributed by atoms with Gasteiger partial charge >= 0.3 is 0 Å². The quantitative estimate of drug-likeness (QED) is 0.848. The minimum absolute atomic E-state index is 0.0338. The van der Waals surface area contributed by atoms with Crippen molar-refractivity contribution < 1.29 is 14.3 Å². The highest BCUT2D eigenvalue weighted by molar-refractivity contribution is 5.92. The average Bonchev–Trinajstić information content (AvgIpc) is 2.54. The Kier molecular flexibility index (Phi) is 5.87. The number of carbonyl (C=O) groups excluding carboxylic acids is 1. The molecule has 2 atom stereocenters. The van der Waals surface area contributed by atoms with E-state index in [2.05, 4.69) is 12.2 Å². The van der Waals surface area contributed by atoms with E-state index in [1.54, 1.807) is 26.4 Å². The zero-order chi connectivity index (χ0) is 15.9. The van der Waals surface area contributed by atoms with Crippen LogP contribution in [-0.4, -0.2) is 26.2 Å². The van der Waals surface area contributed by atoms with Gasteiger partial charge in [0.2, 0.25) is 5.91 Å². The molecule has 1 amide bonds. The maximum absolute atomic E-state index is 12.1. The molecule has 2 rings (SSSR count).